The average molecular weight is 465 g/mol. The minimum atomic E-state index is -0.291. The molecular formula is C23H21BrN4O2. The Hall–Kier alpha value is -2.77. The Morgan fingerprint density at radius 3 is 2.37 bits per heavy atom. The van der Waals surface area contributed by atoms with Gasteiger partial charge in [0, 0.05) is 37.9 Å². The normalized spacial score (nSPS) is 18.0. The second-order valence-corrected chi connectivity index (χ2v) is 8.43. The summed E-state index contributed by atoms with van der Waals surface area (Å²) in [6, 6.07) is 16.6. The maximum atomic E-state index is 12.8. The number of nitrogens with zero attached hydrogens (tertiary/aromatic N) is 3. The third-order valence-electron chi connectivity index (χ3n) is 5.72. The predicted molar refractivity (Wildman–Crippen MR) is 117 cm³/mol. The second-order valence-electron chi connectivity index (χ2n) is 7.52. The van der Waals surface area contributed by atoms with Gasteiger partial charge in [0.15, 0.2) is 0 Å². The SMILES string of the molecule is O=C(OCC1c2ccccc2-c2ccccc21)N1CCNC(c2ncc(Br)cn2)C1. The molecule has 3 aromatic rings. The van der Waals surface area contributed by atoms with E-state index in [4.69, 9.17) is 4.74 Å². The number of rotatable bonds is 3. The quantitative estimate of drug-likeness (QED) is 0.630. The summed E-state index contributed by atoms with van der Waals surface area (Å²) in [5.41, 5.74) is 4.88. The number of aromatic nitrogens is 2. The van der Waals surface area contributed by atoms with E-state index < -0.39 is 0 Å². The molecule has 0 saturated carbocycles. The minimum absolute atomic E-state index is 0.0647. The molecule has 2 heterocycles. The molecule has 152 valence electrons. The zero-order valence-corrected chi connectivity index (χ0v) is 17.9. The molecule has 5 rings (SSSR count). The van der Waals surface area contributed by atoms with Crippen LogP contribution in [0.2, 0.25) is 0 Å². The fourth-order valence-electron chi connectivity index (χ4n) is 4.28. The van der Waals surface area contributed by atoms with Crippen LogP contribution in [-0.4, -0.2) is 47.2 Å². The number of carbonyl (C=O) groups is 1. The van der Waals surface area contributed by atoms with Gasteiger partial charge in [-0.1, -0.05) is 48.5 Å². The van der Waals surface area contributed by atoms with E-state index in [1.165, 1.54) is 22.3 Å². The summed E-state index contributed by atoms with van der Waals surface area (Å²) >= 11 is 3.35. The summed E-state index contributed by atoms with van der Waals surface area (Å²) in [5, 5.41) is 3.37. The Bertz CT molecular complexity index is 1030. The number of ether oxygens (including phenoxy) is 1. The van der Waals surface area contributed by atoms with Crippen molar-refractivity contribution in [2.75, 3.05) is 26.2 Å². The summed E-state index contributed by atoms with van der Waals surface area (Å²) < 4.78 is 6.62. The van der Waals surface area contributed by atoms with Gasteiger partial charge < -0.3 is 15.0 Å². The third kappa shape index (κ3) is 3.59. The molecule has 0 bridgehead atoms. The molecule has 1 N–H and O–H groups in total. The van der Waals surface area contributed by atoms with Crippen molar-refractivity contribution in [3.05, 3.63) is 82.3 Å². The lowest BCUT2D eigenvalue weighted by molar-refractivity contribution is 0.0876. The van der Waals surface area contributed by atoms with Gasteiger partial charge in [-0.3, -0.25) is 0 Å². The van der Waals surface area contributed by atoms with Crippen LogP contribution in [0.5, 0.6) is 0 Å². The highest BCUT2D eigenvalue weighted by atomic mass is 79.9. The van der Waals surface area contributed by atoms with Crippen molar-refractivity contribution >= 4 is 22.0 Å². The van der Waals surface area contributed by atoms with Crippen LogP contribution in [0.3, 0.4) is 0 Å². The highest BCUT2D eigenvalue weighted by molar-refractivity contribution is 9.10. The van der Waals surface area contributed by atoms with Crippen LogP contribution in [-0.2, 0) is 4.74 Å². The number of halogens is 1. The molecule has 1 saturated heterocycles. The maximum Gasteiger partial charge on any atom is 0.409 e. The molecule has 2 aromatic carbocycles. The van der Waals surface area contributed by atoms with Gasteiger partial charge in [-0.05, 0) is 38.2 Å². The lowest BCUT2D eigenvalue weighted by Gasteiger charge is -2.32. The molecule has 7 heteroatoms. The minimum Gasteiger partial charge on any atom is -0.448 e. The average Bonchev–Trinajstić information content (AvgIpc) is 3.12. The number of hydrogen-bond acceptors (Lipinski definition) is 5. The number of benzene rings is 2. The Morgan fingerprint density at radius 1 is 1.07 bits per heavy atom. The molecule has 1 aromatic heterocycles. The molecule has 0 radical (unpaired) electrons. The van der Waals surface area contributed by atoms with Crippen LogP contribution in [0.4, 0.5) is 4.79 Å². The first-order valence-electron chi connectivity index (χ1n) is 10.0. The van der Waals surface area contributed by atoms with Gasteiger partial charge in [0.05, 0.1) is 10.5 Å². The van der Waals surface area contributed by atoms with Gasteiger partial charge >= 0.3 is 6.09 Å². The largest absolute Gasteiger partial charge is 0.448 e. The van der Waals surface area contributed by atoms with Crippen LogP contribution in [0.25, 0.3) is 11.1 Å². The van der Waals surface area contributed by atoms with Gasteiger partial charge in [-0.25, -0.2) is 14.8 Å². The molecule has 0 spiro atoms. The summed E-state index contributed by atoms with van der Waals surface area (Å²) in [6.07, 6.45) is 3.15. The van der Waals surface area contributed by atoms with E-state index in [-0.39, 0.29) is 18.1 Å². The van der Waals surface area contributed by atoms with Crippen molar-refractivity contribution in [2.24, 2.45) is 0 Å². The summed E-state index contributed by atoms with van der Waals surface area (Å²) in [6.45, 7) is 2.09. The maximum absolute atomic E-state index is 12.8. The molecule has 2 aliphatic rings. The van der Waals surface area contributed by atoms with Crippen LogP contribution in [0.1, 0.15) is 28.9 Å². The predicted octanol–water partition coefficient (Wildman–Crippen LogP) is 4.13. The molecule has 1 unspecified atom stereocenters. The number of carbonyl (C=O) groups excluding carboxylic acids is 1. The summed E-state index contributed by atoms with van der Waals surface area (Å²) in [7, 11) is 0. The molecule has 1 atom stereocenters. The molecule has 30 heavy (non-hydrogen) atoms. The molecule has 1 aliphatic heterocycles. The zero-order valence-electron chi connectivity index (χ0n) is 16.3. The van der Waals surface area contributed by atoms with Gasteiger partial charge in [0.2, 0.25) is 0 Å². The first kappa shape index (κ1) is 19.2. The molecule has 1 amide bonds. The topological polar surface area (TPSA) is 67.3 Å². The first-order valence-corrected chi connectivity index (χ1v) is 10.8. The second kappa shape index (κ2) is 8.16. The highest BCUT2D eigenvalue weighted by Crippen LogP contribution is 2.44. The van der Waals surface area contributed by atoms with E-state index in [1.807, 2.05) is 12.1 Å². The summed E-state index contributed by atoms with van der Waals surface area (Å²) in [5.74, 6) is 0.740. The standard InChI is InChI=1S/C23H21BrN4O2/c24-15-11-26-22(27-12-15)21-13-28(10-9-25-21)23(29)30-14-20-18-7-3-1-5-16(18)17-6-2-4-8-19(17)20/h1-8,11-12,20-21,25H,9-10,13-14H2. The van der Waals surface area contributed by atoms with Gasteiger partial charge in [0.1, 0.15) is 12.4 Å². The highest BCUT2D eigenvalue weighted by Gasteiger charge is 2.31. The first-order chi connectivity index (χ1) is 14.7. The molecule has 1 fully saturated rings. The monoisotopic (exact) mass is 464 g/mol. The smallest absolute Gasteiger partial charge is 0.409 e. The van der Waals surface area contributed by atoms with E-state index in [0.29, 0.717) is 32.1 Å². The van der Waals surface area contributed by atoms with Gasteiger partial charge in [0.25, 0.3) is 0 Å². The van der Waals surface area contributed by atoms with E-state index in [0.717, 1.165) is 4.47 Å². The molecular weight excluding hydrogens is 444 g/mol. The van der Waals surface area contributed by atoms with Gasteiger partial charge in [-0.15, -0.1) is 0 Å². The van der Waals surface area contributed by atoms with Crippen LogP contribution >= 0.6 is 15.9 Å². The number of piperazine rings is 1. The van der Waals surface area contributed by atoms with Crippen LogP contribution < -0.4 is 5.32 Å². The number of nitrogens with one attached hydrogen (secondary N) is 1. The van der Waals surface area contributed by atoms with E-state index in [9.17, 15) is 4.79 Å². The van der Waals surface area contributed by atoms with Crippen molar-refractivity contribution in [3.8, 4) is 11.1 Å². The Balaban J connectivity index is 1.28. The lowest BCUT2D eigenvalue weighted by Crippen LogP contribution is -2.49. The number of fused-ring (bicyclic) bond motifs is 3. The Labute approximate surface area is 183 Å². The Kier molecular flexibility index (Phi) is 5.23. The summed E-state index contributed by atoms with van der Waals surface area (Å²) in [4.78, 5) is 23.3. The van der Waals surface area contributed by atoms with Crippen molar-refractivity contribution in [2.45, 2.75) is 12.0 Å². The van der Waals surface area contributed by atoms with Gasteiger partial charge in [-0.2, -0.15) is 0 Å². The third-order valence-corrected chi connectivity index (χ3v) is 6.13. The van der Waals surface area contributed by atoms with Crippen molar-refractivity contribution < 1.29 is 9.53 Å². The fourth-order valence-corrected chi connectivity index (χ4v) is 4.48. The fraction of sp³-hybridized carbons (Fsp3) is 0.261. The van der Waals surface area contributed by atoms with E-state index >= 15 is 0 Å². The molecule has 6 nitrogen and oxygen atoms in total. The van der Waals surface area contributed by atoms with Crippen LogP contribution in [0, 0.1) is 0 Å². The van der Waals surface area contributed by atoms with E-state index in [1.54, 1.807) is 17.3 Å². The van der Waals surface area contributed by atoms with Crippen molar-refractivity contribution in [3.63, 3.8) is 0 Å². The number of amides is 1. The lowest BCUT2D eigenvalue weighted by atomic mass is 9.98. The number of hydrogen-bond donors (Lipinski definition) is 1. The molecule has 1 aliphatic carbocycles. The van der Waals surface area contributed by atoms with E-state index in [2.05, 4.69) is 67.6 Å². The van der Waals surface area contributed by atoms with Crippen LogP contribution in [0.15, 0.2) is 65.4 Å². The Morgan fingerprint density at radius 2 is 1.70 bits per heavy atom. The zero-order chi connectivity index (χ0) is 20.5. The van der Waals surface area contributed by atoms with Crippen molar-refractivity contribution in [1.82, 2.24) is 20.2 Å². The van der Waals surface area contributed by atoms with Crippen molar-refractivity contribution in [1.29, 1.82) is 0 Å².